The summed E-state index contributed by atoms with van der Waals surface area (Å²) in [6.07, 6.45) is 0.929. The van der Waals surface area contributed by atoms with Crippen LogP contribution in [0.2, 0.25) is 0 Å². The Morgan fingerprint density at radius 1 is 1.37 bits per heavy atom. The molecule has 0 heterocycles. The predicted molar refractivity (Wildman–Crippen MR) is 70.7 cm³/mol. The van der Waals surface area contributed by atoms with E-state index >= 15 is 0 Å². The van der Waals surface area contributed by atoms with Gasteiger partial charge in [-0.25, -0.2) is 13.2 Å². The Morgan fingerprint density at radius 2 is 1.95 bits per heavy atom. The minimum atomic E-state index is -3.55. The van der Waals surface area contributed by atoms with Crippen molar-refractivity contribution in [2.24, 2.45) is 0 Å². The van der Waals surface area contributed by atoms with Crippen LogP contribution in [0, 0.1) is 0 Å². The Morgan fingerprint density at radius 3 is 2.42 bits per heavy atom. The summed E-state index contributed by atoms with van der Waals surface area (Å²) in [5.41, 5.74) is 5.48. The van der Waals surface area contributed by atoms with Crippen LogP contribution in [0.3, 0.4) is 0 Å². The predicted octanol–water partition coefficient (Wildman–Crippen LogP) is 0.339. The molecule has 0 spiro atoms. The molecule has 104 valence electrons. The average Bonchev–Trinajstić information content (AvgIpc) is 2.28. The number of nitrogens with one attached hydrogen (secondary N) is 1. The maximum atomic E-state index is 11.7. The molecule has 1 atom stereocenters. The van der Waals surface area contributed by atoms with Crippen LogP contribution in [-0.4, -0.2) is 36.9 Å². The summed E-state index contributed by atoms with van der Waals surface area (Å²) in [4.78, 5) is 22.7. The van der Waals surface area contributed by atoms with Crippen LogP contribution in [0.1, 0.15) is 17.3 Å². The average molecular weight is 286 g/mol. The van der Waals surface area contributed by atoms with E-state index in [1.54, 1.807) is 0 Å². The second-order valence-electron chi connectivity index (χ2n) is 4.07. The highest BCUT2D eigenvalue weighted by atomic mass is 32.2. The van der Waals surface area contributed by atoms with Gasteiger partial charge in [-0.1, -0.05) is 0 Å². The van der Waals surface area contributed by atoms with Gasteiger partial charge in [-0.05, 0) is 25.1 Å². The quantitative estimate of drug-likeness (QED) is 0.685. The monoisotopic (exact) mass is 286 g/mol. The normalized spacial score (nSPS) is 12.7. The van der Waals surface area contributed by atoms with Crippen molar-refractivity contribution in [1.29, 1.82) is 0 Å². The van der Waals surface area contributed by atoms with Gasteiger partial charge in [0.25, 0.3) is 0 Å². The molecule has 0 aliphatic heterocycles. The first-order valence-corrected chi connectivity index (χ1v) is 7.21. The van der Waals surface area contributed by atoms with Gasteiger partial charge in [-0.3, -0.25) is 4.79 Å². The van der Waals surface area contributed by atoms with Crippen molar-refractivity contribution in [2.75, 3.05) is 17.3 Å². The van der Waals surface area contributed by atoms with Gasteiger partial charge in [0, 0.05) is 11.9 Å². The molecule has 1 rings (SSSR count). The molecular formula is C11H14N2O5S. The third-order valence-electron chi connectivity index (χ3n) is 2.54. The minimum Gasteiger partial charge on any atom is -0.478 e. The highest BCUT2D eigenvalue weighted by Crippen LogP contribution is 2.19. The fraction of sp³-hybridized carbons (Fsp3) is 0.273. The molecule has 1 aromatic carbocycles. The van der Waals surface area contributed by atoms with E-state index in [1.165, 1.54) is 25.1 Å². The first kappa shape index (κ1) is 15.0. The van der Waals surface area contributed by atoms with Gasteiger partial charge in [0.05, 0.1) is 11.3 Å². The number of benzene rings is 1. The van der Waals surface area contributed by atoms with E-state index in [0.717, 1.165) is 6.26 Å². The largest absolute Gasteiger partial charge is 0.478 e. The molecule has 0 aliphatic carbocycles. The summed E-state index contributed by atoms with van der Waals surface area (Å²) in [6.45, 7) is 1.22. The Hall–Kier alpha value is -2.09. The molecule has 1 unspecified atom stereocenters. The summed E-state index contributed by atoms with van der Waals surface area (Å²) in [5.74, 6) is -2.07. The van der Waals surface area contributed by atoms with Gasteiger partial charge in [0.1, 0.15) is 5.25 Å². The number of carbonyl (C=O) groups excluding carboxylic acids is 1. The highest BCUT2D eigenvalue weighted by molar-refractivity contribution is 7.92. The van der Waals surface area contributed by atoms with Crippen LogP contribution in [-0.2, 0) is 14.6 Å². The van der Waals surface area contributed by atoms with Gasteiger partial charge in [0.2, 0.25) is 5.91 Å². The van der Waals surface area contributed by atoms with E-state index in [0.29, 0.717) is 0 Å². The van der Waals surface area contributed by atoms with Crippen molar-refractivity contribution in [3.05, 3.63) is 23.8 Å². The molecule has 0 aromatic heterocycles. The third kappa shape index (κ3) is 3.68. The number of rotatable bonds is 4. The van der Waals surface area contributed by atoms with Crippen molar-refractivity contribution < 1.29 is 23.1 Å². The second kappa shape index (κ2) is 5.27. The number of nitrogen functional groups attached to an aromatic ring is 1. The topological polar surface area (TPSA) is 127 Å². The lowest BCUT2D eigenvalue weighted by Gasteiger charge is -2.12. The number of carbonyl (C=O) groups is 2. The lowest BCUT2D eigenvalue weighted by atomic mass is 10.1. The molecular weight excluding hydrogens is 272 g/mol. The van der Waals surface area contributed by atoms with E-state index in [1.807, 2.05) is 0 Å². The van der Waals surface area contributed by atoms with Crippen molar-refractivity contribution >= 4 is 33.1 Å². The van der Waals surface area contributed by atoms with Crippen molar-refractivity contribution in [1.82, 2.24) is 0 Å². The van der Waals surface area contributed by atoms with E-state index < -0.39 is 27.0 Å². The zero-order chi connectivity index (χ0) is 14.8. The molecule has 4 N–H and O–H groups in total. The first-order valence-electron chi connectivity index (χ1n) is 5.25. The molecule has 8 heteroatoms. The molecule has 0 aliphatic rings. The SMILES string of the molecule is CC(C(=O)Nc1ccc(N)cc1C(=O)O)S(C)(=O)=O. The lowest BCUT2D eigenvalue weighted by molar-refractivity contribution is -0.115. The number of carboxylic acids is 1. The third-order valence-corrected chi connectivity index (χ3v) is 4.04. The Bertz CT molecular complexity index is 624. The molecule has 1 aromatic rings. The molecule has 0 bridgehead atoms. The maximum absolute atomic E-state index is 11.7. The number of hydrogen-bond donors (Lipinski definition) is 3. The van der Waals surface area contributed by atoms with Crippen molar-refractivity contribution in [3.8, 4) is 0 Å². The zero-order valence-corrected chi connectivity index (χ0v) is 11.2. The van der Waals surface area contributed by atoms with Crippen LogP contribution in [0.15, 0.2) is 18.2 Å². The van der Waals surface area contributed by atoms with E-state index in [9.17, 15) is 18.0 Å². The summed E-state index contributed by atoms with van der Waals surface area (Å²) >= 11 is 0. The number of hydrogen-bond acceptors (Lipinski definition) is 5. The molecule has 0 saturated heterocycles. The van der Waals surface area contributed by atoms with E-state index in [2.05, 4.69) is 5.32 Å². The van der Waals surface area contributed by atoms with Crippen LogP contribution in [0.25, 0.3) is 0 Å². The molecule has 0 fully saturated rings. The van der Waals surface area contributed by atoms with Gasteiger partial charge in [0.15, 0.2) is 9.84 Å². The number of sulfone groups is 1. The summed E-state index contributed by atoms with van der Waals surface area (Å²) < 4.78 is 22.5. The van der Waals surface area contributed by atoms with Gasteiger partial charge < -0.3 is 16.2 Å². The van der Waals surface area contributed by atoms with E-state index in [4.69, 9.17) is 10.8 Å². The van der Waals surface area contributed by atoms with Crippen LogP contribution >= 0.6 is 0 Å². The molecule has 0 radical (unpaired) electrons. The van der Waals surface area contributed by atoms with Crippen molar-refractivity contribution in [3.63, 3.8) is 0 Å². The lowest BCUT2D eigenvalue weighted by Crippen LogP contribution is -2.32. The van der Waals surface area contributed by atoms with Crippen LogP contribution in [0.5, 0.6) is 0 Å². The fourth-order valence-corrected chi connectivity index (χ4v) is 1.72. The number of aromatic carboxylic acids is 1. The van der Waals surface area contributed by atoms with Crippen molar-refractivity contribution in [2.45, 2.75) is 12.2 Å². The molecule has 7 nitrogen and oxygen atoms in total. The maximum Gasteiger partial charge on any atom is 0.337 e. The smallest absolute Gasteiger partial charge is 0.337 e. The van der Waals surface area contributed by atoms with Crippen LogP contribution in [0.4, 0.5) is 11.4 Å². The fourth-order valence-electron chi connectivity index (χ4n) is 1.28. The summed E-state index contributed by atoms with van der Waals surface area (Å²) in [7, 11) is -3.55. The van der Waals surface area contributed by atoms with Gasteiger partial charge in [-0.2, -0.15) is 0 Å². The Labute approximate surface area is 110 Å². The Balaban J connectivity index is 3.07. The summed E-state index contributed by atoms with van der Waals surface area (Å²) in [6, 6.07) is 3.90. The number of carboxylic acid groups (broad SMARTS) is 1. The molecule has 0 saturated carbocycles. The number of amides is 1. The second-order valence-corrected chi connectivity index (χ2v) is 6.44. The molecule has 19 heavy (non-hydrogen) atoms. The zero-order valence-electron chi connectivity index (χ0n) is 10.4. The highest BCUT2D eigenvalue weighted by Gasteiger charge is 2.24. The molecule has 1 amide bonds. The number of anilines is 2. The van der Waals surface area contributed by atoms with Gasteiger partial charge in [-0.15, -0.1) is 0 Å². The standard InChI is InChI=1S/C11H14N2O5S/c1-6(19(2,17)18)10(14)13-9-4-3-7(12)5-8(9)11(15)16/h3-6H,12H2,1-2H3,(H,13,14)(H,15,16). The van der Waals surface area contributed by atoms with Gasteiger partial charge >= 0.3 is 5.97 Å². The van der Waals surface area contributed by atoms with E-state index in [-0.39, 0.29) is 16.9 Å². The minimum absolute atomic E-state index is 0.00204. The number of nitrogens with two attached hydrogens (primary N) is 1. The van der Waals surface area contributed by atoms with Crippen LogP contribution < -0.4 is 11.1 Å². The first-order chi connectivity index (χ1) is 8.62. The Kier molecular flexibility index (Phi) is 4.15. The summed E-state index contributed by atoms with van der Waals surface area (Å²) in [5, 5.41) is 9.98.